The van der Waals surface area contributed by atoms with Crippen LogP contribution in [-0.2, 0) is 0 Å². The minimum absolute atomic E-state index is 0.196. The molecule has 1 N–H and O–H groups in total. The van der Waals surface area contributed by atoms with Gasteiger partial charge in [-0.05, 0) is 48.9 Å². The highest BCUT2D eigenvalue weighted by atomic mass is 16.3. The summed E-state index contributed by atoms with van der Waals surface area (Å²) in [6, 6.07) is 12.5. The third kappa shape index (κ3) is 1.58. The first kappa shape index (κ1) is 11.7. The number of nitriles is 1. The number of aromatic hydroxyl groups is 1. The molecule has 4 heteroatoms. The minimum atomic E-state index is 0.196. The molecule has 0 atom stereocenters. The van der Waals surface area contributed by atoms with Gasteiger partial charge >= 0.3 is 0 Å². The summed E-state index contributed by atoms with van der Waals surface area (Å²) in [5, 5.41) is 20.5. The maximum Gasteiger partial charge on any atom is 0.228 e. The van der Waals surface area contributed by atoms with E-state index in [4.69, 9.17) is 9.68 Å². The quantitative estimate of drug-likeness (QED) is 0.526. The number of aryl methyl sites for hydroxylation is 1. The Morgan fingerprint density at radius 2 is 2.00 bits per heavy atom. The van der Waals surface area contributed by atoms with E-state index in [1.54, 1.807) is 24.3 Å². The molecule has 2 aromatic carbocycles. The van der Waals surface area contributed by atoms with Crippen LogP contribution in [0.1, 0.15) is 11.1 Å². The van der Waals surface area contributed by atoms with Gasteiger partial charge in [0, 0.05) is 10.8 Å². The lowest BCUT2D eigenvalue weighted by atomic mass is 10.0. The number of hydrogen-bond acceptors (Lipinski definition) is 4. The first-order chi connectivity index (χ1) is 10.2. The van der Waals surface area contributed by atoms with Crippen LogP contribution in [0, 0.1) is 18.3 Å². The van der Waals surface area contributed by atoms with Crippen molar-refractivity contribution in [3.63, 3.8) is 0 Å². The van der Waals surface area contributed by atoms with E-state index in [9.17, 15) is 5.11 Å². The number of rotatable bonds is 0. The summed E-state index contributed by atoms with van der Waals surface area (Å²) in [5.74, 6) is 0.748. The third-order valence-electron chi connectivity index (χ3n) is 3.78. The summed E-state index contributed by atoms with van der Waals surface area (Å²) in [4.78, 5) is 4.49. The van der Waals surface area contributed by atoms with E-state index in [1.165, 1.54) is 0 Å². The molecule has 4 rings (SSSR count). The molecule has 0 aliphatic carbocycles. The first-order valence-corrected chi connectivity index (χ1v) is 6.53. The third-order valence-corrected chi connectivity index (χ3v) is 3.78. The molecule has 4 nitrogen and oxygen atoms in total. The fourth-order valence-electron chi connectivity index (χ4n) is 2.76. The fraction of sp³-hybridized carbons (Fsp3) is 0.0588. The predicted molar refractivity (Wildman–Crippen MR) is 79.3 cm³/mol. The van der Waals surface area contributed by atoms with Gasteiger partial charge in [0.2, 0.25) is 5.89 Å². The van der Waals surface area contributed by atoms with Crippen molar-refractivity contribution < 1.29 is 9.52 Å². The molecule has 100 valence electrons. The van der Waals surface area contributed by atoms with E-state index in [0.717, 1.165) is 27.4 Å². The van der Waals surface area contributed by atoms with Crippen molar-refractivity contribution in [2.24, 2.45) is 0 Å². The second-order valence-corrected chi connectivity index (χ2v) is 5.04. The van der Waals surface area contributed by atoms with E-state index < -0.39 is 0 Å². The lowest BCUT2D eigenvalue weighted by Crippen LogP contribution is -1.86. The Hall–Kier alpha value is -3.06. The number of benzene rings is 2. The monoisotopic (exact) mass is 274 g/mol. The molecule has 2 aliphatic rings. The highest BCUT2D eigenvalue weighted by Crippen LogP contribution is 2.39. The Balaban J connectivity index is 2.22. The Labute approximate surface area is 120 Å². The highest BCUT2D eigenvalue weighted by molar-refractivity contribution is 6.02. The molecule has 2 heterocycles. The molecule has 21 heavy (non-hydrogen) atoms. The SMILES string of the molecule is Cc1c2c3cc(C#N)ccc3nc-2oc2ccc(O)cc12. The van der Waals surface area contributed by atoms with Gasteiger partial charge < -0.3 is 9.52 Å². The Bertz CT molecular complexity index is 1020. The number of phenols is 1. The zero-order valence-electron chi connectivity index (χ0n) is 11.2. The lowest BCUT2D eigenvalue weighted by Gasteiger charge is -2.08. The van der Waals surface area contributed by atoms with Crippen LogP contribution in [0.5, 0.6) is 5.75 Å². The molecule has 0 saturated heterocycles. The van der Waals surface area contributed by atoms with Gasteiger partial charge in [0.25, 0.3) is 0 Å². The summed E-state index contributed by atoms with van der Waals surface area (Å²) in [5.41, 5.74) is 3.95. The van der Waals surface area contributed by atoms with Gasteiger partial charge in [0.15, 0.2) is 0 Å². The molecule has 0 amide bonds. The molecule has 0 spiro atoms. The van der Waals surface area contributed by atoms with Crippen molar-refractivity contribution in [3.8, 4) is 23.3 Å². The van der Waals surface area contributed by atoms with Crippen molar-refractivity contribution in [3.05, 3.63) is 47.5 Å². The molecular formula is C17H10N2O2. The van der Waals surface area contributed by atoms with Gasteiger partial charge in [0.1, 0.15) is 11.3 Å². The number of aromatic nitrogens is 1. The van der Waals surface area contributed by atoms with Gasteiger partial charge in [0.05, 0.1) is 22.7 Å². The summed E-state index contributed by atoms with van der Waals surface area (Å²) in [6.07, 6.45) is 0. The normalized spacial score (nSPS) is 11.2. The molecule has 0 unspecified atom stereocenters. The predicted octanol–water partition coefficient (Wildman–Crippen LogP) is 3.97. The molecule has 0 fully saturated rings. The van der Waals surface area contributed by atoms with E-state index in [1.807, 2.05) is 19.1 Å². The van der Waals surface area contributed by atoms with E-state index in [0.29, 0.717) is 17.0 Å². The Morgan fingerprint density at radius 1 is 1.14 bits per heavy atom. The van der Waals surface area contributed by atoms with Crippen LogP contribution >= 0.6 is 0 Å². The summed E-state index contributed by atoms with van der Waals surface area (Å²) in [7, 11) is 0. The number of fused-ring (bicyclic) bond motifs is 4. The van der Waals surface area contributed by atoms with Crippen LogP contribution in [0.4, 0.5) is 0 Å². The van der Waals surface area contributed by atoms with Crippen LogP contribution in [0.2, 0.25) is 0 Å². The molecule has 0 aromatic heterocycles. The van der Waals surface area contributed by atoms with Gasteiger partial charge in [-0.25, -0.2) is 4.98 Å². The number of phenolic OH excluding ortho intramolecular Hbond substituents is 1. The second kappa shape index (κ2) is 3.97. The molecule has 0 saturated carbocycles. The van der Waals surface area contributed by atoms with Crippen molar-refractivity contribution in [2.75, 3.05) is 0 Å². The number of nitrogens with zero attached hydrogens (tertiary/aromatic N) is 2. The highest BCUT2D eigenvalue weighted by Gasteiger charge is 2.20. The van der Waals surface area contributed by atoms with Crippen molar-refractivity contribution in [2.45, 2.75) is 6.92 Å². The van der Waals surface area contributed by atoms with Crippen LogP contribution in [0.15, 0.2) is 40.8 Å². The van der Waals surface area contributed by atoms with E-state index in [-0.39, 0.29) is 5.75 Å². The Kier molecular flexibility index (Phi) is 2.22. The average Bonchev–Trinajstić information content (AvgIpc) is 2.85. The number of hydrogen-bond donors (Lipinski definition) is 1. The summed E-state index contributed by atoms with van der Waals surface area (Å²) in [6.45, 7) is 1.97. The smallest absolute Gasteiger partial charge is 0.228 e. The minimum Gasteiger partial charge on any atom is -0.508 e. The topological polar surface area (TPSA) is 70.0 Å². The van der Waals surface area contributed by atoms with Crippen LogP contribution in [-0.4, -0.2) is 10.1 Å². The zero-order valence-corrected chi connectivity index (χ0v) is 11.2. The fourth-order valence-corrected chi connectivity index (χ4v) is 2.76. The van der Waals surface area contributed by atoms with Crippen LogP contribution in [0.3, 0.4) is 0 Å². The van der Waals surface area contributed by atoms with Crippen LogP contribution in [0.25, 0.3) is 33.3 Å². The molecule has 2 aromatic rings. The maximum atomic E-state index is 9.67. The second-order valence-electron chi connectivity index (χ2n) is 5.04. The molecular weight excluding hydrogens is 264 g/mol. The molecule has 0 bridgehead atoms. The lowest BCUT2D eigenvalue weighted by molar-refractivity contribution is 0.475. The summed E-state index contributed by atoms with van der Waals surface area (Å²) >= 11 is 0. The van der Waals surface area contributed by atoms with E-state index >= 15 is 0 Å². The van der Waals surface area contributed by atoms with E-state index in [2.05, 4.69) is 11.1 Å². The van der Waals surface area contributed by atoms with Crippen molar-refractivity contribution in [1.82, 2.24) is 4.98 Å². The molecule has 2 aliphatic heterocycles. The largest absolute Gasteiger partial charge is 0.508 e. The summed E-state index contributed by atoms with van der Waals surface area (Å²) < 4.78 is 5.84. The van der Waals surface area contributed by atoms with Crippen LogP contribution < -0.4 is 0 Å². The van der Waals surface area contributed by atoms with Gasteiger partial charge in [-0.3, -0.25) is 0 Å². The van der Waals surface area contributed by atoms with Crippen molar-refractivity contribution in [1.29, 1.82) is 5.26 Å². The van der Waals surface area contributed by atoms with Gasteiger partial charge in [-0.15, -0.1) is 0 Å². The standard InChI is InChI=1S/C17H10N2O2/c1-9-12-7-11(20)3-5-15(12)21-17-16(9)13-6-10(8-18)2-4-14(13)19-17/h2-7,20H,1H3. The van der Waals surface area contributed by atoms with Gasteiger partial charge in [-0.1, -0.05) is 0 Å². The van der Waals surface area contributed by atoms with Crippen molar-refractivity contribution >= 4 is 21.9 Å². The maximum absolute atomic E-state index is 9.67. The Morgan fingerprint density at radius 3 is 2.81 bits per heavy atom. The molecule has 0 radical (unpaired) electrons. The zero-order chi connectivity index (χ0) is 14.6. The first-order valence-electron chi connectivity index (χ1n) is 6.53. The van der Waals surface area contributed by atoms with Gasteiger partial charge in [-0.2, -0.15) is 5.26 Å². The average molecular weight is 274 g/mol.